The molecule has 4 fully saturated rings. The van der Waals surface area contributed by atoms with Crippen molar-refractivity contribution in [3.63, 3.8) is 0 Å². The van der Waals surface area contributed by atoms with E-state index < -0.39 is 11.2 Å². The summed E-state index contributed by atoms with van der Waals surface area (Å²) in [6, 6.07) is 0. The van der Waals surface area contributed by atoms with Crippen LogP contribution in [0.5, 0.6) is 0 Å². The topological polar surface area (TPSA) is 57.5 Å². The highest BCUT2D eigenvalue weighted by atomic mass is 16.4. The first-order chi connectivity index (χ1) is 13.5. The van der Waals surface area contributed by atoms with Gasteiger partial charge in [-0.25, -0.2) is 0 Å². The van der Waals surface area contributed by atoms with Crippen molar-refractivity contribution in [3.8, 4) is 0 Å². The second-order valence-electron chi connectivity index (χ2n) is 11.8. The molecule has 4 saturated carbocycles. The Labute approximate surface area is 179 Å². The van der Waals surface area contributed by atoms with Gasteiger partial charge in [-0.05, 0) is 109 Å². The van der Waals surface area contributed by atoms with E-state index >= 15 is 0 Å². The molecular formula is C24H38B2O3. The molecule has 4 rings (SSSR count). The monoisotopic (exact) mass is 396 g/mol. The molecule has 0 aromatic heterocycles. The summed E-state index contributed by atoms with van der Waals surface area (Å²) in [6.45, 7) is 7.18. The van der Waals surface area contributed by atoms with Gasteiger partial charge in [-0.1, -0.05) is 27.2 Å². The van der Waals surface area contributed by atoms with Crippen molar-refractivity contribution >= 4 is 21.7 Å². The zero-order valence-corrected chi connectivity index (χ0v) is 18.6. The van der Waals surface area contributed by atoms with Crippen LogP contribution in [0.2, 0.25) is 5.21 Å². The maximum Gasteiger partial charge on any atom is 0.292 e. The number of aliphatic hydroxyl groups is 1. The Kier molecular flexibility index (Phi) is 5.49. The highest BCUT2D eigenvalue weighted by Crippen LogP contribution is 2.68. The number of rotatable bonds is 4. The normalized spacial score (nSPS) is 48.3. The van der Waals surface area contributed by atoms with Crippen LogP contribution in [0.1, 0.15) is 85.0 Å². The Morgan fingerprint density at radius 3 is 2.38 bits per heavy atom. The third-order valence-corrected chi connectivity index (χ3v) is 10.5. The van der Waals surface area contributed by atoms with E-state index in [1.807, 2.05) is 0 Å². The smallest absolute Gasteiger partial charge is 0.292 e. The fraction of sp³-hybridized carbons (Fsp3) is 0.958. The average Bonchev–Trinajstić information content (AvgIpc) is 2.99. The van der Waals surface area contributed by atoms with E-state index in [0.717, 1.165) is 30.6 Å². The first kappa shape index (κ1) is 21.8. The van der Waals surface area contributed by atoms with Crippen molar-refractivity contribution in [1.82, 2.24) is 0 Å². The molecule has 0 aliphatic heterocycles. The maximum atomic E-state index is 11.4. The lowest BCUT2D eigenvalue weighted by Crippen LogP contribution is -2.54. The number of carbonyl (C=O) groups is 1. The van der Waals surface area contributed by atoms with Gasteiger partial charge in [0.1, 0.15) is 0 Å². The Hall–Kier alpha value is -0.440. The molecule has 5 heteroatoms. The van der Waals surface area contributed by atoms with Crippen LogP contribution < -0.4 is 0 Å². The second kappa shape index (κ2) is 7.31. The average molecular weight is 396 g/mol. The fourth-order valence-electron chi connectivity index (χ4n) is 8.97. The third-order valence-electron chi connectivity index (χ3n) is 10.5. The van der Waals surface area contributed by atoms with Crippen molar-refractivity contribution in [2.75, 3.05) is 0 Å². The van der Waals surface area contributed by atoms with Crippen molar-refractivity contribution in [2.24, 2.45) is 46.3 Å². The summed E-state index contributed by atoms with van der Waals surface area (Å²) in [5.41, 5.74) is 0.687. The highest BCUT2D eigenvalue weighted by molar-refractivity contribution is 6.49. The first-order valence-electron chi connectivity index (χ1n) is 12.0. The van der Waals surface area contributed by atoms with Crippen LogP contribution in [-0.4, -0.2) is 38.0 Å². The molecule has 0 bridgehead atoms. The number of carboxylic acid groups (broad SMARTS) is 1. The van der Waals surface area contributed by atoms with Gasteiger partial charge in [0.2, 0.25) is 0 Å². The molecule has 9 atom stereocenters. The molecule has 4 aliphatic rings. The number of hydrogen-bond acceptors (Lipinski definition) is 2. The molecule has 3 nitrogen and oxygen atoms in total. The zero-order chi connectivity index (χ0) is 21.2. The van der Waals surface area contributed by atoms with E-state index in [4.69, 9.17) is 15.7 Å². The Morgan fingerprint density at radius 1 is 1.03 bits per heavy atom. The maximum absolute atomic E-state index is 11.4. The minimum absolute atomic E-state index is 0.0859. The molecule has 4 radical (unpaired) electrons. The Bertz CT molecular complexity index is 652. The van der Waals surface area contributed by atoms with Gasteiger partial charge in [-0.2, -0.15) is 0 Å². The molecule has 0 unspecified atom stereocenters. The van der Waals surface area contributed by atoms with Crippen molar-refractivity contribution in [3.05, 3.63) is 0 Å². The summed E-state index contributed by atoms with van der Waals surface area (Å²) in [5.74, 6) is 2.66. The lowest BCUT2D eigenvalue weighted by Gasteiger charge is -2.61. The highest BCUT2D eigenvalue weighted by Gasteiger charge is 2.60. The molecular weight excluding hydrogens is 358 g/mol. The molecule has 2 N–H and O–H groups in total. The van der Waals surface area contributed by atoms with E-state index in [0.29, 0.717) is 23.7 Å². The van der Waals surface area contributed by atoms with Gasteiger partial charge < -0.3 is 10.2 Å². The van der Waals surface area contributed by atoms with Crippen LogP contribution in [0, 0.1) is 46.3 Å². The minimum Gasteiger partial charge on any atom is -0.482 e. The molecule has 0 aromatic carbocycles. The minimum atomic E-state index is -1.63. The fourth-order valence-corrected chi connectivity index (χ4v) is 8.97. The number of hydrogen-bond donors (Lipinski definition) is 2. The van der Waals surface area contributed by atoms with Crippen LogP contribution in [0.25, 0.3) is 0 Å². The molecule has 158 valence electrons. The van der Waals surface area contributed by atoms with Gasteiger partial charge in [0.05, 0.1) is 21.8 Å². The lowest BCUT2D eigenvalue weighted by molar-refractivity contribution is -0.139. The van der Waals surface area contributed by atoms with E-state index in [9.17, 15) is 15.0 Å². The summed E-state index contributed by atoms with van der Waals surface area (Å²) in [7, 11) is 11.8. The van der Waals surface area contributed by atoms with Crippen LogP contribution >= 0.6 is 0 Å². The Morgan fingerprint density at radius 2 is 1.69 bits per heavy atom. The van der Waals surface area contributed by atoms with Gasteiger partial charge in [-0.15, -0.1) is 0 Å². The largest absolute Gasteiger partial charge is 0.482 e. The van der Waals surface area contributed by atoms with Gasteiger partial charge in [-0.3, -0.25) is 4.79 Å². The molecule has 0 heterocycles. The van der Waals surface area contributed by atoms with Crippen molar-refractivity contribution in [1.29, 1.82) is 0 Å². The van der Waals surface area contributed by atoms with Crippen LogP contribution in [0.15, 0.2) is 0 Å². The van der Waals surface area contributed by atoms with Gasteiger partial charge in [0.15, 0.2) is 0 Å². The van der Waals surface area contributed by atoms with Gasteiger partial charge in [0, 0.05) is 0 Å². The molecule has 4 aliphatic carbocycles. The second-order valence-corrected chi connectivity index (χ2v) is 11.8. The van der Waals surface area contributed by atoms with Crippen LogP contribution in [-0.2, 0) is 4.79 Å². The number of carboxylic acids is 1. The lowest BCUT2D eigenvalue weighted by atomic mass is 9.44. The third kappa shape index (κ3) is 3.42. The quantitative estimate of drug-likeness (QED) is 0.685. The summed E-state index contributed by atoms with van der Waals surface area (Å²) in [4.78, 5) is 11.4. The molecule has 0 aromatic rings. The van der Waals surface area contributed by atoms with E-state index in [1.165, 1.54) is 44.9 Å². The Balaban J connectivity index is 1.52. The van der Waals surface area contributed by atoms with E-state index in [1.54, 1.807) is 0 Å². The number of aliphatic carboxylic acids is 1. The number of fused-ring (bicyclic) bond motifs is 5. The summed E-state index contributed by atoms with van der Waals surface area (Å²) in [5, 5.41) is 18.0. The standard InChI is InChI=1S/C24H38B2O3/c1-14(13-24(25,26)21(28)29)18-6-7-19-17-5-4-15-12-16(27)8-10-22(15,2)20(17)9-11-23(18,19)3/h14-20,27H,4-13H2,1-3H3,(H,28,29)/t14-,15-,16+,17+,18-,19+,20+,22+,23-/m1/s1. The first-order valence-corrected chi connectivity index (χ1v) is 12.0. The molecule has 29 heavy (non-hydrogen) atoms. The SMILES string of the molecule is [B]C([B])(C[C@@H](C)[C@H]1CC[C@H]2[C@@H]3CC[C@@H]4C[C@@H](O)CC[C@]4(C)[C@H]3CC[C@]12C)C(=O)O. The van der Waals surface area contributed by atoms with E-state index in [-0.39, 0.29) is 17.4 Å². The predicted molar refractivity (Wildman–Crippen MR) is 117 cm³/mol. The van der Waals surface area contributed by atoms with Crippen LogP contribution in [0.3, 0.4) is 0 Å². The van der Waals surface area contributed by atoms with Gasteiger partial charge >= 0.3 is 0 Å². The zero-order valence-electron chi connectivity index (χ0n) is 18.6. The summed E-state index contributed by atoms with van der Waals surface area (Å²) < 4.78 is 0. The molecule has 0 spiro atoms. The van der Waals surface area contributed by atoms with E-state index in [2.05, 4.69) is 20.8 Å². The summed E-state index contributed by atoms with van der Waals surface area (Å²) >= 11 is 0. The van der Waals surface area contributed by atoms with Crippen molar-refractivity contribution < 1.29 is 15.0 Å². The molecule has 0 saturated heterocycles. The predicted octanol–water partition coefficient (Wildman–Crippen LogP) is 4.57. The number of aliphatic hydroxyl groups excluding tert-OH is 1. The van der Waals surface area contributed by atoms with Gasteiger partial charge in [0.25, 0.3) is 5.97 Å². The summed E-state index contributed by atoms with van der Waals surface area (Å²) in [6.07, 6.45) is 11.0. The molecule has 0 amide bonds. The van der Waals surface area contributed by atoms with Crippen LogP contribution in [0.4, 0.5) is 0 Å². The van der Waals surface area contributed by atoms with Crippen molar-refractivity contribution in [2.45, 2.75) is 96.3 Å².